The van der Waals surface area contributed by atoms with E-state index >= 15 is 0 Å². The molecule has 158 valence electrons. The Balaban J connectivity index is 1.87. The minimum atomic E-state index is -1.27. The molecule has 0 saturated heterocycles. The molecule has 3 aromatic carbocycles. The Labute approximate surface area is 178 Å². The van der Waals surface area contributed by atoms with Crippen molar-refractivity contribution in [2.75, 3.05) is 5.73 Å². The third-order valence-electron chi connectivity index (χ3n) is 4.87. The molecular formula is C23H21N3O5. The van der Waals surface area contributed by atoms with Crippen molar-refractivity contribution in [2.24, 2.45) is 0 Å². The molecule has 1 unspecified atom stereocenters. The maximum absolute atomic E-state index is 13.2. The van der Waals surface area contributed by atoms with Gasteiger partial charge in [-0.25, -0.2) is 4.79 Å². The monoisotopic (exact) mass is 419 g/mol. The Morgan fingerprint density at radius 2 is 1.52 bits per heavy atom. The lowest BCUT2D eigenvalue weighted by atomic mass is 9.90. The Morgan fingerprint density at radius 3 is 2.00 bits per heavy atom. The summed E-state index contributed by atoms with van der Waals surface area (Å²) in [5.74, 6) is -2.42. The highest BCUT2D eigenvalue weighted by Crippen LogP contribution is 2.26. The van der Waals surface area contributed by atoms with Crippen LogP contribution < -0.4 is 11.1 Å². The number of carbonyl (C=O) groups is 2. The van der Waals surface area contributed by atoms with E-state index in [4.69, 9.17) is 5.73 Å². The predicted molar refractivity (Wildman–Crippen MR) is 116 cm³/mol. The molecule has 0 heterocycles. The van der Waals surface area contributed by atoms with Crippen molar-refractivity contribution in [1.82, 2.24) is 5.32 Å². The molecule has 0 aliphatic rings. The quantitative estimate of drug-likeness (QED) is 0.292. The minimum absolute atomic E-state index is 0.0159. The standard InChI is InChI=1S/C23H21N3O5/c24-18-12-11-15(14-20(18)26(30)31)13-19(23(28)29)25-22(27)21(16-7-3-1-4-8-16)17-9-5-2-6-10-17/h1-12,14,19,21H,13,24H2,(H,25,27)(H,28,29). The van der Waals surface area contributed by atoms with E-state index in [1.807, 2.05) is 12.1 Å². The summed E-state index contributed by atoms with van der Waals surface area (Å²) < 4.78 is 0. The summed E-state index contributed by atoms with van der Waals surface area (Å²) in [6.07, 6.45) is -0.126. The fraction of sp³-hybridized carbons (Fsp3) is 0.130. The molecule has 0 saturated carbocycles. The van der Waals surface area contributed by atoms with Gasteiger partial charge >= 0.3 is 5.97 Å². The van der Waals surface area contributed by atoms with E-state index in [-0.39, 0.29) is 17.8 Å². The smallest absolute Gasteiger partial charge is 0.326 e. The summed E-state index contributed by atoms with van der Waals surface area (Å²) in [4.78, 5) is 35.5. The van der Waals surface area contributed by atoms with Gasteiger partial charge in [-0.2, -0.15) is 0 Å². The van der Waals surface area contributed by atoms with E-state index in [1.54, 1.807) is 48.5 Å². The number of nitrogens with zero attached hydrogens (tertiary/aromatic N) is 1. The summed E-state index contributed by atoms with van der Waals surface area (Å²) in [6.45, 7) is 0. The van der Waals surface area contributed by atoms with Gasteiger partial charge in [0.05, 0.1) is 10.8 Å². The summed E-state index contributed by atoms with van der Waals surface area (Å²) in [5, 5.41) is 23.4. The Bertz CT molecular complexity index is 1050. The molecule has 1 amide bonds. The van der Waals surface area contributed by atoms with Gasteiger partial charge in [-0.3, -0.25) is 14.9 Å². The maximum Gasteiger partial charge on any atom is 0.326 e. The number of carboxylic acid groups (broad SMARTS) is 1. The van der Waals surface area contributed by atoms with Crippen LogP contribution in [-0.4, -0.2) is 27.9 Å². The number of carbonyl (C=O) groups excluding carboxylic acids is 1. The van der Waals surface area contributed by atoms with Crippen molar-refractivity contribution in [2.45, 2.75) is 18.4 Å². The molecule has 0 aromatic heterocycles. The lowest BCUT2D eigenvalue weighted by Gasteiger charge is -2.21. The van der Waals surface area contributed by atoms with E-state index < -0.39 is 28.8 Å². The molecule has 0 fully saturated rings. The summed E-state index contributed by atoms with van der Waals surface area (Å²) in [7, 11) is 0. The minimum Gasteiger partial charge on any atom is -0.480 e. The van der Waals surface area contributed by atoms with Crippen molar-refractivity contribution >= 4 is 23.3 Å². The van der Waals surface area contributed by atoms with E-state index in [1.165, 1.54) is 18.2 Å². The number of benzene rings is 3. The zero-order valence-electron chi connectivity index (χ0n) is 16.5. The first-order valence-corrected chi connectivity index (χ1v) is 9.52. The molecule has 31 heavy (non-hydrogen) atoms. The number of nitro benzene ring substituents is 1. The number of anilines is 1. The second-order valence-electron chi connectivity index (χ2n) is 7.01. The van der Waals surface area contributed by atoms with Gasteiger partial charge in [-0.15, -0.1) is 0 Å². The van der Waals surface area contributed by atoms with Crippen molar-refractivity contribution in [3.8, 4) is 0 Å². The fourth-order valence-electron chi connectivity index (χ4n) is 3.35. The molecule has 3 aromatic rings. The SMILES string of the molecule is Nc1ccc(CC(NC(=O)C(c2ccccc2)c2ccccc2)C(=O)O)cc1[N+](=O)[O-]. The van der Waals surface area contributed by atoms with Crippen LogP contribution in [0.1, 0.15) is 22.6 Å². The van der Waals surface area contributed by atoms with Crippen LogP contribution in [0.4, 0.5) is 11.4 Å². The van der Waals surface area contributed by atoms with Crippen LogP contribution in [0, 0.1) is 10.1 Å². The largest absolute Gasteiger partial charge is 0.480 e. The van der Waals surface area contributed by atoms with Gasteiger partial charge in [0.2, 0.25) is 5.91 Å². The molecule has 0 bridgehead atoms. The van der Waals surface area contributed by atoms with E-state index in [9.17, 15) is 24.8 Å². The van der Waals surface area contributed by atoms with Gasteiger partial charge < -0.3 is 16.2 Å². The molecule has 8 heteroatoms. The first-order valence-electron chi connectivity index (χ1n) is 9.52. The molecule has 0 spiro atoms. The Hall–Kier alpha value is -4.20. The zero-order valence-corrected chi connectivity index (χ0v) is 16.5. The number of aliphatic carboxylic acids is 1. The van der Waals surface area contributed by atoms with Crippen LogP contribution in [0.3, 0.4) is 0 Å². The van der Waals surface area contributed by atoms with Crippen LogP contribution in [0.15, 0.2) is 78.9 Å². The maximum atomic E-state index is 13.2. The number of carboxylic acids is 1. The normalized spacial score (nSPS) is 11.6. The lowest BCUT2D eigenvalue weighted by Crippen LogP contribution is -2.44. The van der Waals surface area contributed by atoms with Gasteiger partial charge in [0.25, 0.3) is 5.69 Å². The second-order valence-corrected chi connectivity index (χ2v) is 7.01. The molecule has 0 aliphatic carbocycles. The van der Waals surface area contributed by atoms with E-state index in [0.29, 0.717) is 5.56 Å². The number of nitrogens with one attached hydrogen (secondary N) is 1. The van der Waals surface area contributed by atoms with Crippen LogP contribution >= 0.6 is 0 Å². The first kappa shape index (κ1) is 21.5. The number of nitrogens with two attached hydrogens (primary N) is 1. The predicted octanol–water partition coefficient (Wildman–Crippen LogP) is 3.12. The number of hydrogen-bond acceptors (Lipinski definition) is 5. The van der Waals surface area contributed by atoms with Gasteiger partial charge in [0, 0.05) is 12.5 Å². The number of hydrogen-bond donors (Lipinski definition) is 3. The highest BCUT2D eigenvalue weighted by molar-refractivity contribution is 5.90. The molecule has 8 nitrogen and oxygen atoms in total. The number of amides is 1. The topological polar surface area (TPSA) is 136 Å². The molecule has 0 radical (unpaired) electrons. The fourth-order valence-corrected chi connectivity index (χ4v) is 3.35. The first-order chi connectivity index (χ1) is 14.9. The van der Waals surface area contributed by atoms with Gasteiger partial charge in [-0.1, -0.05) is 66.7 Å². The van der Waals surface area contributed by atoms with Crippen molar-refractivity contribution in [1.29, 1.82) is 0 Å². The summed E-state index contributed by atoms with van der Waals surface area (Å²) in [6, 6.07) is 20.9. The molecular weight excluding hydrogens is 398 g/mol. The molecule has 0 aliphatic heterocycles. The van der Waals surface area contributed by atoms with Crippen LogP contribution in [0.5, 0.6) is 0 Å². The van der Waals surface area contributed by atoms with Gasteiger partial charge in [0.1, 0.15) is 11.7 Å². The highest BCUT2D eigenvalue weighted by atomic mass is 16.6. The van der Waals surface area contributed by atoms with Crippen LogP contribution in [0.2, 0.25) is 0 Å². The Morgan fingerprint density at radius 1 is 0.968 bits per heavy atom. The summed E-state index contributed by atoms with van der Waals surface area (Å²) in [5.41, 5.74) is 7.10. The van der Waals surface area contributed by atoms with Crippen LogP contribution in [0.25, 0.3) is 0 Å². The molecule has 3 rings (SSSR count). The van der Waals surface area contributed by atoms with Gasteiger partial charge in [-0.05, 0) is 22.8 Å². The number of nitro groups is 1. The number of nitrogen functional groups attached to an aromatic ring is 1. The third-order valence-corrected chi connectivity index (χ3v) is 4.87. The summed E-state index contributed by atoms with van der Waals surface area (Å²) >= 11 is 0. The van der Waals surface area contributed by atoms with Crippen molar-refractivity contribution in [3.05, 3.63) is 106 Å². The average molecular weight is 419 g/mol. The second kappa shape index (κ2) is 9.53. The highest BCUT2D eigenvalue weighted by Gasteiger charge is 2.28. The van der Waals surface area contributed by atoms with E-state index in [2.05, 4.69) is 5.32 Å². The number of rotatable bonds is 8. The van der Waals surface area contributed by atoms with Gasteiger partial charge in [0.15, 0.2) is 0 Å². The molecule has 4 N–H and O–H groups in total. The van der Waals surface area contributed by atoms with E-state index in [0.717, 1.165) is 11.1 Å². The van der Waals surface area contributed by atoms with Crippen LogP contribution in [-0.2, 0) is 16.0 Å². The van der Waals surface area contributed by atoms with Crippen molar-refractivity contribution < 1.29 is 19.6 Å². The molecule has 1 atom stereocenters. The third kappa shape index (κ3) is 5.24. The zero-order chi connectivity index (χ0) is 22.4. The lowest BCUT2D eigenvalue weighted by molar-refractivity contribution is -0.384. The van der Waals surface area contributed by atoms with Crippen molar-refractivity contribution in [3.63, 3.8) is 0 Å². The average Bonchev–Trinajstić information content (AvgIpc) is 2.76. The Kier molecular flexibility index (Phi) is 6.61.